The van der Waals surface area contributed by atoms with Crippen LogP contribution in [-0.4, -0.2) is 27.6 Å². The molecule has 0 saturated carbocycles. The zero-order valence-electron chi connectivity index (χ0n) is 13.9. The van der Waals surface area contributed by atoms with Crippen molar-refractivity contribution in [2.75, 3.05) is 13.2 Å². The second-order valence-corrected chi connectivity index (χ2v) is 9.68. The molecule has 4 rings (SSSR count). The first-order chi connectivity index (χ1) is 12.8. The maximum atomic E-state index is 15.1. The molecule has 4 nitrogen and oxygen atoms in total. The Labute approximate surface area is 165 Å². The van der Waals surface area contributed by atoms with E-state index in [1.807, 2.05) is 0 Å². The van der Waals surface area contributed by atoms with Crippen molar-refractivity contribution < 1.29 is 21.9 Å². The van der Waals surface area contributed by atoms with Crippen LogP contribution in [0.3, 0.4) is 0 Å². The van der Waals surface area contributed by atoms with Crippen LogP contribution in [0.5, 0.6) is 5.75 Å². The van der Waals surface area contributed by atoms with Crippen LogP contribution >= 0.6 is 23.2 Å². The van der Waals surface area contributed by atoms with Crippen LogP contribution < -0.4 is 10.1 Å². The van der Waals surface area contributed by atoms with E-state index in [2.05, 4.69) is 5.32 Å². The fraction of sp³-hybridized carbons (Fsp3) is 0.333. The van der Waals surface area contributed by atoms with E-state index in [0.29, 0.717) is 18.0 Å². The Morgan fingerprint density at radius 3 is 2.59 bits per heavy atom. The Morgan fingerprint density at radius 1 is 1.19 bits per heavy atom. The molecule has 0 spiro atoms. The first-order valence-corrected chi connectivity index (χ1v) is 10.6. The molecule has 1 saturated heterocycles. The monoisotopic (exact) mass is 433 g/mol. The van der Waals surface area contributed by atoms with Crippen molar-refractivity contribution >= 4 is 33.0 Å². The highest BCUT2D eigenvalue weighted by atomic mass is 35.5. The number of piperidine rings is 1. The highest BCUT2D eigenvalue weighted by molar-refractivity contribution is 7.92. The lowest BCUT2D eigenvalue weighted by Crippen LogP contribution is -2.61. The van der Waals surface area contributed by atoms with E-state index in [4.69, 9.17) is 27.9 Å². The molecule has 2 aliphatic heterocycles. The van der Waals surface area contributed by atoms with E-state index in [9.17, 15) is 12.8 Å². The fourth-order valence-electron chi connectivity index (χ4n) is 4.00. The maximum absolute atomic E-state index is 15.1. The second-order valence-electron chi connectivity index (χ2n) is 6.63. The third-order valence-corrected chi connectivity index (χ3v) is 8.30. The van der Waals surface area contributed by atoms with Gasteiger partial charge in [-0.1, -0.05) is 23.2 Å². The average molecular weight is 434 g/mol. The molecule has 0 radical (unpaired) electrons. The Balaban J connectivity index is 2.05. The van der Waals surface area contributed by atoms with Gasteiger partial charge in [0.25, 0.3) is 0 Å². The smallest absolute Gasteiger partial charge is 0.190 e. The largest absolute Gasteiger partial charge is 0.488 e. The normalized spacial score (nSPS) is 24.7. The molecule has 0 bridgehead atoms. The van der Waals surface area contributed by atoms with Gasteiger partial charge in [-0.2, -0.15) is 0 Å². The molecule has 1 fully saturated rings. The number of sulfone groups is 1. The number of nitrogens with one attached hydrogen (secondary N) is 1. The molecule has 2 heterocycles. The Kier molecular flexibility index (Phi) is 4.62. The van der Waals surface area contributed by atoms with Crippen molar-refractivity contribution in [1.82, 2.24) is 5.32 Å². The number of halogens is 4. The van der Waals surface area contributed by atoms with Gasteiger partial charge in [-0.25, -0.2) is 17.2 Å². The summed E-state index contributed by atoms with van der Waals surface area (Å²) in [7, 11) is -4.14. The summed E-state index contributed by atoms with van der Waals surface area (Å²) in [5, 5.41) is 2.99. The third-order valence-electron chi connectivity index (χ3n) is 5.23. The Morgan fingerprint density at radius 2 is 1.89 bits per heavy atom. The van der Waals surface area contributed by atoms with Gasteiger partial charge in [0.15, 0.2) is 27.2 Å². The van der Waals surface area contributed by atoms with Gasteiger partial charge >= 0.3 is 0 Å². The van der Waals surface area contributed by atoms with Crippen LogP contribution in [0.2, 0.25) is 10.0 Å². The molecule has 144 valence electrons. The summed E-state index contributed by atoms with van der Waals surface area (Å²) in [6.45, 7) is 0.448. The van der Waals surface area contributed by atoms with Gasteiger partial charge in [-0.15, -0.1) is 0 Å². The molecule has 2 aromatic carbocycles. The van der Waals surface area contributed by atoms with E-state index in [0.717, 1.165) is 6.07 Å². The topological polar surface area (TPSA) is 55.4 Å². The van der Waals surface area contributed by atoms with Crippen LogP contribution in [-0.2, 0) is 14.6 Å². The van der Waals surface area contributed by atoms with Crippen LogP contribution in [0.15, 0.2) is 35.2 Å². The van der Waals surface area contributed by atoms with Crippen LogP contribution in [0.1, 0.15) is 18.4 Å². The van der Waals surface area contributed by atoms with Gasteiger partial charge in [0.1, 0.15) is 11.4 Å². The van der Waals surface area contributed by atoms with Gasteiger partial charge in [-0.3, -0.25) is 0 Å². The average Bonchev–Trinajstić information content (AvgIpc) is 2.65. The molecular formula is C18H15Cl2F2NO3S. The quantitative estimate of drug-likeness (QED) is 0.724. The minimum Gasteiger partial charge on any atom is -0.488 e. The van der Waals surface area contributed by atoms with Gasteiger partial charge < -0.3 is 10.1 Å². The fourth-order valence-corrected chi connectivity index (χ4v) is 6.62. The van der Waals surface area contributed by atoms with Crippen molar-refractivity contribution in [3.63, 3.8) is 0 Å². The van der Waals surface area contributed by atoms with Crippen molar-refractivity contribution in [1.29, 1.82) is 0 Å². The molecule has 0 aliphatic carbocycles. The summed E-state index contributed by atoms with van der Waals surface area (Å²) in [6.07, 6.45) is 0.582. The minimum atomic E-state index is -4.14. The number of benzene rings is 2. The number of fused-ring (bicyclic) bond motifs is 3. The van der Waals surface area contributed by atoms with Crippen LogP contribution in [0, 0.1) is 11.6 Å². The van der Waals surface area contributed by atoms with E-state index >= 15 is 4.39 Å². The van der Waals surface area contributed by atoms with Crippen molar-refractivity contribution in [2.45, 2.75) is 28.5 Å². The van der Waals surface area contributed by atoms with Gasteiger partial charge in [0.2, 0.25) is 0 Å². The molecule has 2 aromatic rings. The second kappa shape index (κ2) is 6.58. The summed E-state index contributed by atoms with van der Waals surface area (Å²) >= 11 is 11.7. The number of hydrogen-bond acceptors (Lipinski definition) is 4. The molecule has 1 N–H and O–H groups in total. The molecular weight excluding hydrogens is 419 g/mol. The minimum absolute atomic E-state index is 0.0202. The van der Waals surface area contributed by atoms with Crippen LogP contribution in [0.25, 0.3) is 0 Å². The summed E-state index contributed by atoms with van der Waals surface area (Å²) in [6, 6.07) is 5.69. The summed E-state index contributed by atoms with van der Waals surface area (Å²) in [4.78, 5) is -0.0202. The van der Waals surface area contributed by atoms with Crippen molar-refractivity contribution in [3.05, 3.63) is 57.6 Å². The van der Waals surface area contributed by atoms with E-state index in [1.165, 1.54) is 24.3 Å². The standard InChI is InChI=1S/C18H15Cl2F2NO3S/c19-10-2-4-11(5-3-10)27(24,25)18-6-1-7-23-14(18)9-26-17-13(21)8-12(20)16(22)15(17)18/h2-5,8,14,23H,1,6-7,9H2/t14-,18+/m0/s1. The van der Waals surface area contributed by atoms with Gasteiger partial charge in [-0.05, 0) is 49.7 Å². The third kappa shape index (κ3) is 2.67. The molecule has 0 aromatic heterocycles. The molecule has 9 heteroatoms. The summed E-state index contributed by atoms with van der Waals surface area (Å²) in [5.41, 5.74) is -0.342. The summed E-state index contributed by atoms with van der Waals surface area (Å²) in [5.74, 6) is -2.25. The first kappa shape index (κ1) is 18.9. The SMILES string of the molecule is O=S(=O)(c1ccc(Cl)cc1)[C@]12CCCN[C@H]1COc1c(F)cc(Cl)c(F)c12. The van der Waals surface area contributed by atoms with Gasteiger partial charge in [0.05, 0.1) is 21.5 Å². The van der Waals surface area contributed by atoms with Crippen molar-refractivity contribution in [3.8, 4) is 5.75 Å². The first-order valence-electron chi connectivity index (χ1n) is 8.33. The van der Waals surface area contributed by atoms with E-state index in [-0.39, 0.29) is 23.5 Å². The Hall–Kier alpha value is -1.41. The lowest BCUT2D eigenvalue weighted by molar-refractivity contribution is 0.157. The highest BCUT2D eigenvalue weighted by Crippen LogP contribution is 2.52. The van der Waals surface area contributed by atoms with Gasteiger partial charge in [0, 0.05) is 5.02 Å². The summed E-state index contributed by atoms with van der Waals surface area (Å²) < 4.78 is 60.7. The zero-order chi connectivity index (χ0) is 19.4. The maximum Gasteiger partial charge on any atom is 0.190 e. The predicted molar refractivity (Wildman–Crippen MR) is 98.2 cm³/mol. The van der Waals surface area contributed by atoms with E-state index < -0.39 is 43.0 Å². The molecule has 0 unspecified atom stereocenters. The molecule has 2 atom stereocenters. The molecule has 2 aliphatic rings. The highest BCUT2D eigenvalue weighted by Gasteiger charge is 2.59. The van der Waals surface area contributed by atoms with Crippen LogP contribution in [0.4, 0.5) is 8.78 Å². The number of hydrogen-bond donors (Lipinski definition) is 1. The lowest BCUT2D eigenvalue weighted by atomic mass is 9.81. The molecule has 0 amide bonds. The predicted octanol–water partition coefficient (Wildman–Crippen LogP) is 4.09. The number of ether oxygens (including phenoxy) is 1. The van der Waals surface area contributed by atoms with Crippen molar-refractivity contribution in [2.24, 2.45) is 0 Å². The lowest BCUT2D eigenvalue weighted by Gasteiger charge is -2.47. The Bertz CT molecular complexity index is 1010. The number of rotatable bonds is 2. The molecule has 27 heavy (non-hydrogen) atoms. The zero-order valence-corrected chi connectivity index (χ0v) is 16.3. The van der Waals surface area contributed by atoms with E-state index in [1.54, 1.807) is 0 Å².